The van der Waals surface area contributed by atoms with Gasteiger partial charge in [0.25, 0.3) is 0 Å². The summed E-state index contributed by atoms with van der Waals surface area (Å²) in [4.78, 5) is 9.60. The van der Waals surface area contributed by atoms with Gasteiger partial charge in [-0.25, -0.2) is 0 Å². The van der Waals surface area contributed by atoms with Crippen molar-refractivity contribution in [2.45, 2.75) is 142 Å². The first-order valence-electron chi connectivity index (χ1n) is 15.7. The van der Waals surface area contributed by atoms with E-state index in [1.54, 1.807) is 0 Å². The summed E-state index contributed by atoms with van der Waals surface area (Å²) in [6, 6.07) is 0. The van der Waals surface area contributed by atoms with Gasteiger partial charge in [-0.1, -0.05) is 66.7 Å². The molecule has 12 heteroatoms. The molecule has 0 saturated carbocycles. The summed E-state index contributed by atoms with van der Waals surface area (Å²) in [6.07, 6.45) is 3.13. The van der Waals surface area contributed by atoms with Crippen molar-refractivity contribution in [2.24, 2.45) is 0 Å². The molecule has 41 heavy (non-hydrogen) atoms. The van der Waals surface area contributed by atoms with Crippen molar-refractivity contribution in [3.05, 3.63) is 0 Å². The molecule has 0 aliphatic carbocycles. The molecular formula is C29H58O11P+. The Balaban J connectivity index is 3.10. The summed E-state index contributed by atoms with van der Waals surface area (Å²) in [5.74, 6) is 0. The lowest BCUT2D eigenvalue weighted by Gasteiger charge is -2.32. The van der Waals surface area contributed by atoms with Crippen LogP contribution in [0.25, 0.3) is 0 Å². The van der Waals surface area contributed by atoms with E-state index in [1.165, 1.54) is 0 Å². The Morgan fingerprint density at radius 1 is 0.732 bits per heavy atom. The molecule has 0 amide bonds. The van der Waals surface area contributed by atoms with E-state index in [4.69, 9.17) is 37.7 Å². The molecule has 0 aromatic carbocycles. The van der Waals surface area contributed by atoms with Gasteiger partial charge in [-0.2, -0.15) is 0 Å². The van der Waals surface area contributed by atoms with Crippen molar-refractivity contribution in [3.63, 3.8) is 0 Å². The van der Waals surface area contributed by atoms with E-state index in [9.17, 15) is 14.6 Å². The second-order valence-electron chi connectivity index (χ2n) is 10.4. The molecule has 11 nitrogen and oxygen atoms in total. The molecule has 0 spiro atoms. The van der Waals surface area contributed by atoms with Crippen LogP contribution in [0.2, 0.25) is 0 Å². The van der Waals surface area contributed by atoms with Crippen LogP contribution in [0.4, 0.5) is 0 Å². The minimum atomic E-state index is -2.91. The number of hydrogen-bond donors (Lipinski definition) is 2. The third-order valence-electron chi connectivity index (χ3n) is 6.71. The predicted octanol–water partition coefficient (Wildman–Crippen LogP) is 5.27. The van der Waals surface area contributed by atoms with Gasteiger partial charge in [-0.3, -0.25) is 0 Å². The molecule has 0 aromatic heterocycles. The summed E-state index contributed by atoms with van der Waals surface area (Å²) in [5, 5.41) is 10.9. The second kappa shape index (κ2) is 25.1. The molecule has 1 heterocycles. The maximum atomic E-state index is 11.7. The number of ether oxygens (including phenoxy) is 7. The Kier molecular flexibility index (Phi) is 23.7. The van der Waals surface area contributed by atoms with Gasteiger partial charge in [0.1, 0.15) is 24.4 Å². The van der Waals surface area contributed by atoms with Gasteiger partial charge in [-0.05, 0) is 32.1 Å². The summed E-state index contributed by atoms with van der Waals surface area (Å²) in [6.45, 7) is 12.8. The Hall–Kier alpha value is -0.300. The lowest BCUT2D eigenvalue weighted by atomic mass is 10.1. The summed E-state index contributed by atoms with van der Waals surface area (Å²) >= 11 is 0. The zero-order valence-corrected chi connectivity index (χ0v) is 27.0. The maximum absolute atomic E-state index is 11.7. The molecule has 1 saturated heterocycles. The SMILES string of the molecule is CCCCOC[C@H]1O[C@@H](OCC(OCCCC)C(OCCCC)C(O)OCCCC)[C@@H](OCCCC)C1O[P+](=O)O. The van der Waals surface area contributed by atoms with Crippen molar-refractivity contribution in [3.8, 4) is 0 Å². The fourth-order valence-electron chi connectivity index (χ4n) is 4.16. The van der Waals surface area contributed by atoms with Gasteiger partial charge in [-0.15, -0.1) is 9.42 Å². The normalized spacial score (nSPS) is 23.5. The van der Waals surface area contributed by atoms with Gasteiger partial charge in [0.15, 0.2) is 18.7 Å². The van der Waals surface area contributed by atoms with Crippen molar-refractivity contribution in [1.29, 1.82) is 0 Å². The van der Waals surface area contributed by atoms with Gasteiger partial charge in [0, 0.05) is 37.6 Å². The largest absolute Gasteiger partial charge is 0.695 e. The van der Waals surface area contributed by atoms with Gasteiger partial charge in [0.05, 0.1) is 13.2 Å². The van der Waals surface area contributed by atoms with E-state index in [0.717, 1.165) is 64.2 Å². The minimum absolute atomic E-state index is 0.0222. The molecule has 0 aromatic rings. The summed E-state index contributed by atoms with van der Waals surface area (Å²) in [5.41, 5.74) is 0. The predicted molar refractivity (Wildman–Crippen MR) is 156 cm³/mol. The zero-order chi connectivity index (χ0) is 30.3. The van der Waals surface area contributed by atoms with Crippen molar-refractivity contribution in [2.75, 3.05) is 46.2 Å². The molecule has 0 radical (unpaired) electrons. The zero-order valence-electron chi connectivity index (χ0n) is 26.1. The van der Waals surface area contributed by atoms with Crippen LogP contribution < -0.4 is 0 Å². The Morgan fingerprint density at radius 3 is 1.90 bits per heavy atom. The molecule has 1 aliphatic heterocycles. The molecule has 5 unspecified atom stereocenters. The first-order valence-corrected chi connectivity index (χ1v) is 16.9. The lowest BCUT2D eigenvalue weighted by molar-refractivity contribution is -0.242. The summed E-state index contributed by atoms with van der Waals surface area (Å²) < 4.78 is 59.4. The Labute approximate surface area is 248 Å². The van der Waals surface area contributed by atoms with Gasteiger partial charge < -0.3 is 38.3 Å². The first-order chi connectivity index (χ1) is 19.9. The molecule has 1 rings (SSSR count). The van der Waals surface area contributed by atoms with Crippen molar-refractivity contribution < 1.29 is 52.2 Å². The first kappa shape index (κ1) is 38.7. The molecule has 1 fully saturated rings. The number of rotatable bonds is 28. The molecule has 1 aliphatic rings. The van der Waals surface area contributed by atoms with E-state index in [0.29, 0.717) is 33.0 Å². The van der Waals surface area contributed by atoms with E-state index in [1.807, 2.05) is 0 Å². The van der Waals surface area contributed by atoms with Gasteiger partial charge in [0.2, 0.25) is 0 Å². The molecular weight excluding hydrogens is 555 g/mol. The number of aliphatic hydroxyl groups is 1. The van der Waals surface area contributed by atoms with E-state index in [-0.39, 0.29) is 13.2 Å². The quantitative estimate of drug-likeness (QED) is 0.0680. The Bertz CT molecular complexity index is 630. The standard InChI is InChI=1S/C29H57O11P/c1-6-11-16-33-21-24-25(40-41(31)32)27(36-19-14-9-4)29(39-24)38-22-23(34-17-12-7-2)26(35-18-13-8-3)28(30)37-20-15-10-5/h23-30H,6-22H2,1-5H3/p+1/t23?,24-,25?,26?,27+,28?,29-/m1/s1. The topological polar surface area (TPSA) is 131 Å². The number of unbranched alkanes of at least 4 members (excludes halogenated alkanes) is 5. The van der Waals surface area contributed by atoms with Crippen molar-refractivity contribution >= 4 is 8.25 Å². The van der Waals surface area contributed by atoms with E-state index < -0.39 is 51.4 Å². The van der Waals surface area contributed by atoms with Gasteiger partial charge >= 0.3 is 8.25 Å². The third-order valence-corrected chi connectivity index (χ3v) is 7.13. The van der Waals surface area contributed by atoms with Crippen LogP contribution >= 0.6 is 8.25 Å². The summed E-state index contributed by atoms with van der Waals surface area (Å²) in [7, 11) is -2.91. The highest BCUT2D eigenvalue weighted by Crippen LogP contribution is 2.34. The highest BCUT2D eigenvalue weighted by atomic mass is 31.1. The Morgan fingerprint density at radius 2 is 1.29 bits per heavy atom. The monoisotopic (exact) mass is 613 g/mol. The highest BCUT2D eigenvalue weighted by molar-refractivity contribution is 7.32. The van der Waals surface area contributed by atoms with E-state index in [2.05, 4.69) is 34.6 Å². The molecule has 244 valence electrons. The average Bonchev–Trinajstić information content (AvgIpc) is 3.26. The van der Waals surface area contributed by atoms with Crippen LogP contribution in [-0.2, 0) is 42.2 Å². The molecule has 0 bridgehead atoms. The van der Waals surface area contributed by atoms with Crippen LogP contribution in [0.3, 0.4) is 0 Å². The van der Waals surface area contributed by atoms with Crippen LogP contribution in [0.1, 0.15) is 98.8 Å². The number of hydrogen-bond acceptors (Lipinski definition) is 10. The minimum Gasteiger partial charge on any atom is -0.379 e. The highest BCUT2D eigenvalue weighted by Gasteiger charge is 2.52. The van der Waals surface area contributed by atoms with Crippen LogP contribution in [0.5, 0.6) is 0 Å². The fraction of sp³-hybridized carbons (Fsp3) is 1.00. The van der Waals surface area contributed by atoms with Crippen molar-refractivity contribution in [1.82, 2.24) is 0 Å². The molecule has 8 atom stereocenters. The number of aliphatic hydroxyl groups excluding tert-OH is 1. The fourth-order valence-corrected chi connectivity index (χ4v) is 4.63. The maximum Gasteiger partial charge on any atom is 0.695 e. The lowest BCUT2D eigenvalue weighted by Crippen LogP contribution is -2.47. The molecule has 2 N–H and O–H groups in total. The third kappa shape index (κ3) is 16.4. The van der Waals surface area contributed by atoms with Crippen LogP contribution in [0.15, 0.2) is 0 Å². The average molecular weight is 614 g/mol. The van der Waals surface area contributed by atoms with E-state index >= 15 is 0 Å². The smallest absolute Gasteiger partial charge is 0.379 e. The second-order valence-corrected chi connectivity index (χ2v) is 11.1. The van der Waals surface area contributed by atoms with Crippen LogP contribution in [0, 0.1) is 0 Å². The van der Waals surface area contributed by atoms with Crippen LogP contribution in [-0.4, -0.2) is 99.3 Å².